The molecule has 0 aliphatic rings. The molecule has 1 amide bonds. The molecule has 0 spiro atoms. The van der Waals surface area contributed by atoms with Crippen LogP contribution in [-0.4, -0.2) is 25.5 Å². The third-order valence-corrected chi connectivity index (χ3v) is 3.75. The van der Waals surface area contributed by atoms with Crippen molar-refractivity contribution in [2.24, 2.45) is 0 Å². The molecule has 6 nitrogen and oxygen atoms in total. The molecule has 1 N–H and O–H groups in total. The van der Waals surface area contributed by atoms with Gasteiger partial charge in [0, 0.05) is 12.6 Å². The first kappa shape index (κ1) is 16.0. The number of nitrogens with one attached hydrogen (secondary N) is 1. The number of aromatic nitrogens is 4. The van der Waals surface area contributed by atoms with E-state index in [0.29, 0.717) is 24.6 Å². The van der Waals surface area contributed by atoms with Gasteiger partial charge in [0.15, 0.2) is 0 Å². The van der Waals surface area contributed by atoms with E-state index in [2.05, 4.69) is 15.5 Å². The molecule has 2 heterocycles. The molecule has 3 rings (SSSR count). The molecule has 24 heavy (non-hydrogen) atoms. The first-order valence-electron chi connectivity index (χ1n) is 8.01. The summed E-state index contributed by atoms with van der Waals surface area (Å²) in [5.74, 6) is 0.509. The third-order valence-electron chi connectivity index (χ3n) is 3.75. The van der Waals surface area contributed by atoms with Gasteiger partial charge in [-0.2, -0.15) is 10.2 Å². The highest BCUT2D eigenvalue weighted by atomic mass is 16.2. The lowest BCUT2D eigenvalue weighted by Gasteiger charge is -2.09. The minimum atomic E-state index is -0.174. The van der Waals surface area contributed by atoms with Gasteiger partial charge in [-0.15, -0.1) is 0 Å². The molecular formula is C18H21N5O. The standard InChI is InChI=1S/C18H21N5O/c1-4-22-16(10-13(2)20-22)18(24)19-17-11-14(3)21-23(17)12-15-8-6-5-7-9-15/h5-11H,4,12H2,1-3H3,(H,19,24). The number of anilines is 1. The number of benzene rings is 1. The average Bonchev–Trinajstić information content (AvgIpc) is 3.11. The number of hydrogen-bond donors (Lipinski definition) is 1. The van der Waals surface area contributed by atoms with Crippen molar-refractivity contribution in [3.63, 3.8) is 0 Å². The highest BCUT2D eigenvalue weighted by molar-refractivity contribution is 6.02. The summed E-state index contributed by atoms with van der Waals surface area (Å²) in [7, 11) is 0. The van der Waals surface area contributed by atoms with E-state index >= 15 is 0 Å². The fourth-order valence-electron chi connectivity index (χ4n) is 2.67. The van der Waals surface area contributed by atoms with Crippen LogP contribution < -0.4 is 5.32 Å². The number of carbonyl (C=O) groups excluding carboxylic acids is 1. The van der Waals surface area contributed by atoms with Gasteiger partial charge in [0.25, 0.3) is 5.91 Å². The molecule has 0 unspecified atom stereocenters. The second-order valence-electron chi connectivity index (χ2n) is 5.76. The maximum atomic E-state index is 12.6. The van der Waals surface area contributed by atoms with E-state index in [0.717, 1.165) is 17.0 Å². The van der Waals surface area contributed by atoms with Gasteiger partial charge in [-0.05, 0) is 32.4 Å². The quantitative estimate of drug-likeness (QED) is 0.785. The Kier molecular flexibility index (Phi) is 4.46. The van der Waals surface area contributed by atoms with Crippen molar-refractivity contribution in [2.45, 2.75) is 33.9 Å². The Bertz CT molecular complexity index is 848. The molecule has 1 aromatic carbocycles. The summed E-state index contributed by atoms with van der Waals surface area (Å²) in [6.07, 6.45) is 0. The first-order valence-corrected chi connectivity index (χ1v) is 8.01. The van der Waals surface area contributed by atoms with Crippen molar-refractivity contribution in [3.8, 4) is 0 Å². The summed E-state index contributed by atoms with van der Waals surface area (Å²) in [6.45, 7) is 7.02. The molecule has 0 bridgehead atoms. The van der Waals surface area contributed by atoms with Gasteiger partial charge in [0.2, 0.25) is 0 Å². The van der Waals surface area contributed by atoms with Crippen molar-refractivity contribution in [3.05, 3.63) is 65.1 Å². The SMILES string of the molecule is CCn1nc(C)cc1C(=O)Nc1cc(C)nn1Cc1ccccc1. The van der Waals surface area contributed by atoms with Gasteiger partial charge >= 0.3 is 0 Å². The van der Waals surface area contributed by atoms with Crippen molar-refractivity contribution >= 4 is 11.7 Å². The number of nitrogens with zero attached hydrogens (tertiary/aromatic N) is 4. The fraction of sp³-hybridized carbons (Fsp3) is 0.278. The number of hydrogen-bond acceptors (Lipinski definition) is 3. The fourth-order valence-corrected chi connectivity index (χ4v) is 2.67. The maximum Gasteiger partial charge on any atom is 0.275 e. The van der Waals surface area contributed by atoms with E-state index in [4.69, 9.17) is 0 Å². The summed E-state index contributed by atoms with van der Waals surface area (Å²) >= 11 is 0. The van der Waals surface area contributed by atoms with Crippen molar-refractivity contribution in [2.75, 3.05) is 5.32 Å². The monoisotopic (exact) mass is 323 g/mol. The molecule has 0 fully saturated rings. The van der Waals surface area contributed by atoms with Crippen LogP contribution in [0.25, 0.3) is 0 Å². The lowest BCUT2D eigenvalue weighted by Crippen LogP contribution is -2.19. The Balaban J connectivity index is 1.83. The summed E-state index contributed by atoms with van der Waals surface area (Å²) in [5.41, 5.74) is 3.38. The van der Waals surface area contributed by atoms with Crippen LogP contribution in [0.3, 0.4) is 0 Å². The smallest absolute Gasteiger partial charge is 0.275 e. The topological polar surface area (TPSA) is 64.7 Å². The Morgan fingerprint density at radius 3 is 2.42 bits per heavy atom. The number of carbonyl (C=O) groups is 1. The van der Waals surface area contributed by atoms with Gasteiger partial charge in [-0.25, -0.2) is 4.68 Å². The molecule has 6 heteroatoms. The van der Waals surface area contributed by atoms with Gasteiger partial charge in [0.05, 0.1) is 17.9 Å². The Hall–Kier alpha value is -2.89. The van der Waals surface area contributed by atoms with Crippen LogP contribution in [0.1, 0.15) is 34.4 Å². The molecule has 0 aliphatic carbocycles. The summed E-state index contributed by atoms with van der Waals surface area (Å²) in [5, 5.41) is 11.8. The van der Waals surface area contributed by atoms with E-state index in [1.807, 2.05) is 61.9 Å². The molecular weight excluding hydrogens is 302 g/mol. The molecule has 0 radical (unpaired) electrons. The molecule has 3 aromatic rings. The normalized spacial score (nSPS) is 10.8. The van der Waals surface area contributed by atoms with E-state index in [-0.39, 0.29) is 5.91 Å². The lowest BCUT2D eigenvalue weighted by molar-refractivity contribution is 0.101. The van der Waals surface area contributed by atoms with Gasteiger partial charge < -0.3 is 5.32 Å². The average molecular weight is 323 g/mol. The molecule has 124 valence electrons. The third kappa shape index (κ3) is 3.37. The van der Waals surface area contributed by atoms with E-state index in [9.17, 15) is 4.79 Å². The first-order chi connectivity index (χ1) is 11.6. The van der Waals surface area contributed by atoms with E-state index in [1.54, 1.807) is 10.7 Å². The van der Waals surface area contributed by atoms with Crippen molar-refractivity contribution in [1.82, 2.24) is 19.6 Å². The predicted octanol–water partition coefficient (Wildman–Crippen LogP) is 3.02. The Morgan fingerprint density at radius 2 is 1.71 bits per heavy atom. The van der Waals surface area contributed by atoms with E-state index in [1.165, 1.54) is 0 Å². The van der Waals surface area contributed by atoms with Crippen molar-refractivity contribution < 1.29 is 4.79 Å². The van der Waals surface area contributed by atoms with E-state index < -0.39 is 0 Å². The predicted molar refractivity (Wildman–Crippen MR) is 93.1 cm³/mol. The molecule has 0 saturated carbocycles. The zero-order chi connectivity index (χ0) is 17.1. The summed E-state index contributed by atoms with van der Waals surface area (Å²) in [6, 6.07) is 13.7. The van der Waals surface area contributed by atoms with Crippen LogP contribution in [0.2, 0.25) is 0 Å². The zero-order valence-electron chi connectivity index (χ0n) is 14.2. The maximum absolute atomic E-state index is 12.6. The van der Waals surface area contributed by atoms with Crippen LogP contribution in [-0.2, 0) is 13.1 Å². The van der Waals surface area contributed by atoms with Crippen LogP contribution >= 0.6 is 0 Å². The largest absolute Gasteiger partial charge is 0.305 e. The number of rotatable bonds is 5. The minimum Gasteiger partial charge on any atom is -0.305 e. The number of amides is 1. The molecule has 0 saturated heterocycles. The van der Waals surface area contributed by atoms with Gasteiger partial charge in [-0.1, -0.05) is 30.3 Å². The summed E-state index contributed by atoms with van der Waals surface area (Å²) in [4.78, 5) is 12.6. The van der Waals surface area contributed by atoms with Gasteiger partial charge in [-0.3, -0.25) is 9.48 Å². The highest BCUT2D eigenvalue weighted by Crippen LogP contribution is 2.15. The second kappa shape index (κ2) is 6.70. The Labute approximate surface area is 141 Å². The van der Waals surface area contributed by atoms with Crippen LogP contribution in [0.15, 0.2) is 42.5 Å². The van der Waals surface area contributed by atoms with Gasteiger partial charge in [0.1, 0.15) is 11.5 Å². The van der Waals surface area contributed by atoms with Crippen LogP contribution in [0, 0.1) is 13.8 Å². The zero-order valence-corrected chi connectivity index (χ0v) is 14.2. The number of aryl methyl sites for hydroxylation is 3. The minimum absolute atomic E-state index is 0.174. The van der Waals surface area contributed by atoms with Crippen LogP contribution in [0.5, 0.6) is 0 Å². The highest BCUT2D eigenvalue weighted by Gasteiger charge is 2.16. The molecule has 0 aliphatic heterocycles. The van der Waals surface area contributed by atoms with Crippen LogP contribution in [0.4, 0.5) is 5.82 Å². The lowest BCUT2D eigenvalue weighted by atomic mass is 10.2. The van der Waals surface area contributed by atoms with Crippen molar-refractivity contribution in [1.29, 1.82) is 0 Å². The second-order valence-corrected chi connectivity index (χ2v) is 5.76. The molecule has 2 aromatic heterocycles. The Morgan fingerprint density at radius 1 is 1.04 bits per heavy atom. The molecule has 0 atom stereocenters. The summed E-state index contributed by atoms with van der Waals surface area (Å²) < 4.78 is 3.51.